The van der Waals surface area contributed by atoms with E-state index in [-0.39, 0.29) is 17.1 Å². The number of hydrogen-bond acceptors (Lipinski definition) is 2. The van der Waals surface area contributed by atoms with Gasteiger partial charge in [-0.3, -0.25) is 14.5 Å². The van der Waals surface area contributed by atoms with Crippen molar-refractivity contribution in [3.05, 3.63) is 0 Å². The first kappa shape index (κ1) is 6.74. The van der Waals surface area contributed by atoms with Crippen LogP contribution < -0.4 is 0 Å². The Morgan fingerprint density at radius 1 is 1.78 bits per heavy atom. The molecule has 3 nitrogen and oxygen atoms in total. The van der Waals surface area contributed by atoms with E-state index in [2.05, 4.69) is 15.9 Å². The van der Waals surface area contributed by atoms with Crippen LogP contribution in [0, 0.1) is 0 Å². The van der Waals surface area contributed by atoms with Crippen LogP contribution in [-0.4, -0.2) is 28.6 Å². The number of β-lactam (4-membered cyclic amide) rings is 1. The van der Waals surface area contributed by atoms with Crippen LogP contribution in [0.3, 0.4) is 0 Å². The number of hydrogen-bond donors (Lipinski definition) is 0. The molecule has 9 heavy (non-hydrogen) atoms. The first-order valence-corrected chi connectivity index (χ1v) is 3.77. The highest BCUT2D eigenvalue weighted by molar-refractivity contribution is 9.09. The molecule has 0 N–H and O–H groups in total. The Balaban J connectivity index is 2.44. The van der Waals surface area contributed by atoms with Gasteiger partial charge >= 0.3 is 0 Å². The van der Waals surface area contributed by atoms with Gasteiger partial charge in [0.1, 0.15) is 0 Å². The third-order valence-corrected chi connectivity index (χ3v) is 1.75. The maximum Gasteiger partial charge on any atom is 0.239 e. The summed E-state index contributed by atoms with van der Waals surface area (Å²) in [5.74, 6) is -0.189. The molecular weight excluding hydrogens is 186 g/mol. The van der Waals surface area contributed by atoms with E-state index < -0.39 is 0 Å². The molecule has 1 fully saturated rings. The summed E-state index contributed by atoms with van der Waals surface area (Å²) in [6, 6.07) is 0. The van der Waals surface area contributed by atoms with E-state index in [1.807, 2.05) is 0 Å². The van der Waals surface area contributed by atoms with Crippen molar-refractivity contribution in [2.75, 3.05) is 11.9 Å². The number of alkyl halides is 1. The lowest BCUT2D eigenvalue weighted by molar-refractivity contribution is -0.150. The molecule has 0 aliphatic carbocycles. The van der Waals surface area contributed by atoms with Crippen molar-refractivity contribution >= 4 is 27.7 Å². The van der Waals surface area contributed by atoms with Gasteiger partial charge in [0, 0.05) is 13.0 Å². The van der Waals surface area contributed by atoms with E-state index in [1.54, 1.807) is 0 Å². The molecule has 1 rings (SSSR count). The molecule has 2 amide bonds. The Hall–Kier alpha value is -0.380. The zero-order valence-corrected chi connectivity index (χ0v) is 6.35. The molecule has 1 aliphatic heterocycles. The van der Waals surface area contributed by atoms with Crippen LogP contribution in [0.1, 0.15) is 6.42 Å². The molecule has 0 aromatic carbocycles. The summed E-state index contributed by atoms with van der Waals surface area (Å²) in [5, 5.41) is 0.249. The predicted molar refractivity (Wildman–Crippen MR) is 35.1 cm³/mol. The summed E-state index contributed by atoms with van der Waals surface area (Å²) >= 11 is 2.97. The number of amides is 2. The van der Waals surface area contributed by atoms with Crippen LogP contribution in [-0.2, 0) is 9.59 Å². The lowest BCUT2D eigenvalue weighted by Gasteiger charge is -2.27. The summed E-state index contributed by atoms with van der Waals surface area (Å²) in [5.41, 5.74) is 0. The highest BCUT2D eigenvalue weighted by Gasteiger charge is 2.28. The van der Waals surface area contributed by atoms with E-state index in [0.29, 0.717) is 13.0 Å². The van der Waals surface area contributed by atoms with Gasteiger partial charge in [-0.1, -0.05) is 15.9 Å². The van der Waals surface area contributed by atoms with Gasteiger partial charge in [0.25, 0.3) is 0 Å². The molecule has 1 aliphatic rings. The third-order valence-electron chi connectivity index (χ3n) is 1.27. The number of carbonyl (C=O) groups excluding carboxylic acids is 2. The molecule has 1 heterocycles. The SMILES string of the molecule is O=C(CBr)N1CCC1=O. The Morgan fingerprint density at radius 3 is 2.56 bits per heavy atom. The molecule has 0 saturated carbocycles. The zero-order valence-electron chi connectivity index (χ0n) is 4.76. The summed E-state index contributed by atoms with van der Waals surface area (Å²) in [6.45, 7) is 0.600. The Bertz CT molecular complexity index is 157. The lowest BCUT2D eigenvalue weighted by Crippen LogP contribution is -2.47. The minimum atomic E-state index is -0.133. The monoisotopic (exact) mass is 191 g/mol. The van der Waals surface area contributed by atoms with Crippen molar-refractivity contribution in [3.63, 3.8) is 0 Å². The average Bonchev–Trinajstić information content (AvgIpc) is 1.84. The number of carbonyl (C=O) groups is 2. The fraction of sp³-hybridized carbons (Fsp3) is 0.600. The van der Waals surface area contributed by atoms with Crippen LogP contribution in [0.4, 0.5) is 0 Å². The quantitative estimate of drug-likeness (QED) is 0.437. The minimum Gasteiger partial charge on any atom is -0.281 e. The molecular formula is C5H6BrNO2. The molecule has 0 atom stereocenters. The number of imide groups is 1. The van der Waals surface area contributed by atoms with Crippen molar-refractivity contribution in [1.29, 1.82) is 0 Å². The second-order valence-electron chi connectivity index (χ2n) is 1.82. The van der Waals surface area contributed by atoms with E-state index in [4.69, 9.17) is 0 Å². The van der Waals surface area contributed by atoms with Gasteiger partial charge in [-0.25, -0.2) is 0 Å². The molecule has 0 bridgehead atoms. The molecule has 0 aromatic heterocycles. The third kappa shape index (κ3) is 1.13. The summed E-state index contributed by atoms with van der Waals surface area (Å²) < 4.78 is 0. The minimum absolute atomic E-state index is 0.0561. The number of rotatable bonds is 1. The first-order valence-electron chi connectivity index (χ1n) is 2.65. The molecule has 50 valence electrons. The van der Waals surface area contributed by atoms with E-state index in [0.717, 1.165) is 0 Å². The molecule has 0 radical (unpaired) electrons. The maximum absolute atomic E-state index is 10.7. The smallest absolute Gasteiger partial charge is 0.239 e. The van der Waals surface area contributed by atoms with Crippen molar-refractivity contribution in [3.8, 4) is 0 Å². The normalized spacial score (nSPS) is 17.4. The van der Waals surface area contributed by atoms with Crippen LogP contribution in [0.25, 0.3) is 0 Å². The summed E-state index contributed by atoms with van der Waals surface area (Å²) in [4.78, 5) is 22.4. The molecule has 0 spiro atoms. The molecule has 0 aromatic rings. The van der Waals surface area contributed by atoms with Gasteiger partial charge in [-0.2, -0.15) is 0 Å². The van der Waals surface area contributed by atoms with Gasteiger partial charge < -0.3 is 0 Å². The van der Waals surface area contributed by atoms with Crippen molar-refractivity contribution < 1.29 is 9.59 Å². The highest BCUT2D eigenvalue weighted by Crippen LogP contribution is 2.08. The van der Waals surface area contributed by atoms with Gasteiger partial charge in [0.05, 0.1) is 5.33 Å². The Kier molecular flexibility index (Phi) is 1.85. The largest absolute Gasteiger partial charge is 0.281 e. The second-order valence-corrected chi connectivity index (χ2v) is 2.38. The van der Waals surface area contributed by atoms with Crippen LogP contribution >= 0.6 is 15.9 Å². The van der Waals surface area contributed by atoms with Crippen molar-refractivity contribution in [2.24, 2.45) is 0 Å². The fourth-order valence-electron chi connectivity index (χ4n) is 0.651. The van der Waals surface area contributed by atoms with Crippen molar-refractivity contribution in [1.82, 2.24) is 4.90 Å². The predicted octanol–water partition coefficient (Wildman–Crippen LogP) is 0.140. The average molecular weight is 192 g/mol. The number of halogens is 1. The Labute approximate surface area is 61.1 Å². The van der Waals surface area contributed by atoms with Crippen LogP contribution in [0.15, 0.2) is 0 Å². The fourth-order valence-corrected chi connectivity index (χ4v) is 0.954. The maximum atomic E-state index is 10.7. The summed E-state index contributed by atoms with van der Waals surface area (Å²) in [6.07, 6.45) is 0.527. The standard InChI is InChI=1S/C5H6BrNO2/c6-3-5(9)7-2-1-4(7)8/h1-3H2. The van der Waals surface area contributed by atoms with Crippen LogP contribution in [0.5, 0.6) is 0 Å². The number of likely N-dealkylation sites (tertiary alicyclic amines) is 1. The Morgan fingerprint density at radius 2 is 2.44 bits per heavy atom. The first-order chi connectivity index (χ1) is 4.25. The van der Waals surface area contributed by atoms with Gasteiger partial charge in [-0.05, 0) is 0 Å². The highest BCUT2D eigenvalue weighted by atomic mass is 79.9. The van der Waals surface area contributed by atoms with Gasteiger partial charge in [0.15, 0.2) is 0 Å². The number of nitrogens with zero attached hydrogens (tertiary/aromatic N) is 1. The van der Waals surface area contributed by atoms with E-state index >= 15 is 0 Å². The molecule has 0 unspecified atom stereocenters. The molecule has 1 saturated heterocycles. The lowest BCUT2D eigenvalue weighted by atomic mass is 10.2. The summed E-state index contributed by atoms with van der Waals surface area (Å²) in [7, 11) is 0. The van der Waals surface area contributed by atoms with E-state index in [9.17, 15) is 9.59 Å². The topological polar surface area (TPSA) is 37.4 Å². The van der Waals surface area contributed by atoms with Gasteiger partial charge in [-0.15, -0.1) is 0 Å². The van der Waals surface area contributed by atoms with Gasteiger partial charge in [0.2, 0.25) is 11.8 Å². The molecule has 4 heteroatoms. The van der Waals surface area contributed by atoms with Crippen LogP contribution in [0.2, 0.25) is 0 Å². The second kappa shape index (κ2) is 2.47. The zero-order chi connectivity index (χ0) is 6.85. The van der Waals surface area contributed by atoms with Crippen molar-refractivity contribution in [2.45, 2.75) is 6.42 Å². The van der Waals surface area contributed by atoms with E-state index in [1.165, 1.54) is 4.90 Å².